The minimum Gasteiger partial charge on any atom is -0.478 e. The molecule has 0 radical (unpaired) electrons. The Hall–Kier alpha value is -2.95. The van der Waals surface area contributed by atoms with Crippen LogP contribution in [0.15, 0.2) is 72.7 Å². The molecule has 0 fully saturated rings. The Balaban J connectivity index is 1.86. The van der Waals surface area contributed by atoms with Gasteiger partial charge >= 0.3 is 5.97 Å². The first kappa shape index (κ1) is 12.6. The number of aryl methyl sites for hydroxylation is 2. The minimum absolute atomic E-state index is 0.178. The molecule has 0 heterocycles. The van der Waals surface area contributed by atoms with Crippen molar-refractivity contribution in [2.24, 2.45) is 0 Å². The number of hydrogen-bond donors (Lipinski definition) is 3. The zero-order valence-electron chi connectivity index (χ0n) is 23.9. The van der Waals surface area contributed by atoms with Gasteiger partial charge in [0.25, 0.3) is 0 Å². The number of aromatic carboxylic acids is 1. The molecule has 0 unspecified atom stereocenters. The number of carboxylic acid groups (broad SMARTS) is 1. The van der Waals surface area contributed by atoms with Crippen LogP contribution in [0.4, 0.5) is 0 Å². The Morgan fingerprint density at radius 1 is 1.17 bits per heavy atom. The SMILES string of the molecule is [2H]c1c([2H])c(C(=O)O)c([2H])c(-c2cccc(CC([2H])([2H])C([2H])([2H])NC[C@H](O)c3cccc(C)c3)c2)c1[2H]. The van der Waals surface area contributed by atoms with Gasteiger partial charge < -0.3 is 15.5 Å². The van der Waals surface area contributed by atoms with Crippen molar-refractivity contribution in [3.63, 3.8) is 0 Å². The number of benzene rings is 3. The van der Waals surface area contributed by atoms with Gasteiger partial charge in [0, 0.05) is 12.0 Å². The molecule has 0 aliphatic carbocycles. The summed E-state index contributed by atoms with van der Waals surface area (Å²) in [6.07, 6.45) is -3.93. The van der Waals surface area contributed by atoms with Crippen molar-refractivity contribution in [3.8, 4) is 11.1 Å². The van der Waals surface area contributed by atoms with E-state index in [2.05, 4.69) is 5.32 Å². The fourth-order valence-electron chi connectivity index (χ4n) is 2.78. The first-order chi connectivity index (χ1) is 17.2. The molecule has 4 nitrogen and oxygen atoms in total. The lowest BCUT2D eigenvalue weighted by molar-refractivity contribution is 0.0697. The number of carbonyl (C=O) groups is 1. The van der Waals surface area contributed by atoms with Crippen molar-refractivity contribution in [2.75, 3.05) is 13.0 Å². The number of rotatable bonds is 9. The number of aliphatic hydroxyl groups is 1. The van der Waals surface area contributed by atoms with Crippen molar-refractivity contribution >= 4 is 5.97 Å². The van der Waals surface area contributed by atoms with Gasteiger partial charge in [-0.15, -0.1) is 0 Å². The topological polar surface area (TPSA) is 69.6 Å². The maximum atomic E-state index is 11.6. The Morgan fingerprint density at radius 3 is 2.79 bits per heavy atom. The van der Waals surface area contributed by atoms with Gasteiger partial charge in [0.1, 0.15) is 0 Å². The summed E-state index contributed by atoms with van der Waals surface area (Å²) in [5.41, 5.74) is 1.11. The van der Waals surface area contributed by atoms with Gasteiger partial charge in [0.05, 0.1) is 17.2 Å². The van der Waals surface area contributed by atoms with Gasteiger partial charge in [-0.3, -0.25) is 0 Å². The van der Waals surface area contributed by atoms with E-state index in [9.17, 15) is 15.0 Å². The molecule has 4 heteroatoms. The van der Waals surface area contributed by atoms with E-state index in [1.54, 1.807) is 18.2 Å². The molecule has 0 saturated heterocycles. The van der Waals surface area contributed by atoms with E-state index in [0.717, 1.165) is 5.56 Å². The van der Waals surface area contributed by atoms with Crippen LogP contribution < -0.4 is 5.32 Å². The summed E-state index contributed by atoms with van der Waals surface area (Å²) in [5, 5.41) is 22.3. The van der Waals surface area contributed by atoms with Crippen molar-refractivity contribution in [1.82, 2.24) is 5.32 Å². The normalized spacial score (nSPS) is 16.9. The van der Waals surface area contributed by atoms with Crippen LogP contribution in [0.2, 0.25) is 0 Å². The predicted octanol–water partition coefficient (Wildman–Crippen LogP) is 4.62. The lowest BCUT2D eigenvalue weighted by atomic mass is 9.99. The maximum Gasteiger partial charge on any atom is 0.335 e. The molecule has 3 aromatic rings. The summed E-state index contributed by atoms with van der Waals surface area (Å²) < 4.78 is 65.6. The highest BCUT2D eigenvalue weighted by Gasteiger charge is 2.07. The maximum absolute atomic E-state index is 11.6. The molecule has 29 heavy (non-hydrogen) atoms. The minimum atomic E-state index is -2.55. The van der Waals surface area contributed by atoms with Crippen LogP contribution in [0, 0.1) is 6.92 Å². The zero-order valence-corrected chi connectivity index (χ0v) is 15.9. The predicted molar refractivity (Wildman–Crippen MR) is 116 cm³/mol. The summed E-state index contributed by atoms with van der Waals surface area (Å²) in [7, 11) is 0. The summed E-state index contributed by atoms with van der Waals surface area (Å²) in [5.74, 6) is -1.57. The smallest absolute Gasteiger partial charge is 0.335 e. The summed E-state index contributed by atoms with van der Waals surface area (Å²) in [6, 6.07) is 10.5. The van der Waals surface area contributed by atoms with Gasteiger partial charge in [-0.2, -0.15) is 0 Å². The number of aliphatic hydroxyl groups excluding tert-OH is 1. The molecule has 3 rings (SSSR count). The highest BCUT2D eigenvalue weighted by molar-refractivity contribution is 5.89. The van der Waals surface area contributed by atoms with E-state index in [1.165, 1.54) is 24.3 Å². The average Bonchev–Trinajstić information content (AvgIpc) is 2.81. The lowest BCUT2D eigenvalue weighted by Gasteiger charge is -2.13. The van der Waals surface area contributed by atoms with Crippen LogP contribution in [0.5, 0.6) is 0 Å². The Morgan fingerprint density at radius 2 is 2.00 bits per heavy atom. The molecule has 0 aromatic heterocycles. The fraction of sp³-hybridized carbons (Fsp3) is 0.240. The molecule has 0 aliphatic heterocycles. The van der Waals surface area contributed by atoms with Crippen molar-refractivity contribution in [2.45, 2.75) is 25.8 Å². The second-order valence-electron chi connectivity index (χ2n) is 6.54. The molecule has 0 amide bonds. The molecular formula is C25H27NO3. The molecule has 0 bridgehead atoms. The van der Waals surface area contributed by atoms with Gasteiger partial charge in [0.2, 0.25) is 0 Å². The van der Waals surface area contributed by atoms with E-state index < -0.39 is 61.1 Å². The third-order valence-electron chi connectivity index (χ3n) is 4.25. The Kier molecular flexibility index (Phi) is 4.34. The van der Waals surface area contributed by atoms with Gasteiger partial charge in [-0.25, -0.2) is 4.79 Å². The molecule has 150 valence electrons. The van der Waals surface area contributed by atoms with E-state index >= 15 is 0 Å². The van der Waals surface area contributed by atoms with Crippen LogP contribution >= 0.6 is 0 Å². The summed E-state index contributed by atoms with van der Waals surface area (Å²) >= 11 is 0. The molecule has 0 spiro atoms. The first-order valence-corrected chi connectivity index (χ1v) is 9.09. The second-order valence-corrected chi connectivity index (χ2v) is 6.54. The van der Waals surface area contributed by atoms with Gasteiger partial charge in [-0.1, -0.05) is 66.2 Å². The summed E-state index contributed by atoms with van der Waals surface area (Å²) in [6.45, 7) is -0.922. The molecule has 0 saturated carbocycles. The fourth-order valence-corrected chi connectivity index (χ4v) is 2.78. The van der Waals surface area contributed by atoms with Crippen LogP contribution in [0.25, 0.3) is 11.1 Å². The largest absolute Gasteiger partial charge is 0.478 e. The van der Waals surface area contributed by atoms with E-state index in [4.69, 9.17) is 11.0 Å². The Bertz CT molecular complexity index is 1330. The van der Waals surface area contributed by atoms with Crippen LogP contribution in [0.3, 0.4) is 0 Å². The number of carboxylic acids is 1. The first-order valence-electron chi connectivity index (χ1n) is 13.1. The molecular weight excluding hydrogens is 362 g/mol. The van der Waals surface area contributed by atoms with E-state index in [1.807, 2.05) is 13.0 Å². The molecule has 3 aromatic carbocycles. The van der Waals surface area contributed by atoms with Crippen LogP contribution in [-0.4, -0.2) is 29.2 Å². The van der Waals surface area contributed by atoms with Crippen molar-refractivity contribution < 1.29 is 26.0 Å². The van der Waals surface area contributed by atoms with Gasteiger partial charge in [0.15, 0.2) is 0 Å². The zero-order chi connectivity index (χ0) is 27.7. The van der Waals surface area contributed by atoms with Crippen LogP contribution in [0.1, 0.15) is 50.5 Å². The van der Waals surface area contributed by atoms with Crippen molar-refractivity contribution in [3.05, 3.63) is 95.0 Å². The summed E-state index contributed by atoms with van der Waals surface area (Å²) in [4.78, 5) is 11.6. The number of nitrogens with one attached hydrogen (secondary N) is 1. The molecule has 0 aliphatic rings. The molecule has 1 atom stereocenters. The van der Waals surface area contributed by atoms with Crippen LogP contribution in [-0.2, 0) is 6.42 Å². The molecule has 3 N–H and O–H groups in total. The quantitative estimate of drug-likeness (QED) is 0.493. The second kappa shape index (κ2) is 10.0. The third kappa shape index (κ3) is 6.01. The highest BCUT2D eigenvalue weighted by atomic mass is 16.4. The van der Waals surface area contributed by atoms with Gasteiger partial charge in [-0.05, 0) is 60.6 Å². The lowest BCUT2D eigenvalue weighted by Crippen LogP contribution is -2.22. The third-order valence-corrected chi connectivity index (χ3v) is 4.25. The average molecular weight is 398 g/mol. The van der Waals surface area contributed by atoms with E-state index in [-0.39, 0.29) is 17.7 Å². The van der Waals surface area contributed by atoms with E-state index in [0.29, 0.717) is 11.1 Å². The monoisotopic (exact) mass is 397 g/mol. The van der Waals surface area contributed by atoms with Crippen molar-refractivity contribution in [1.29, 1.82) is 0 Å². The number of hydrogen-bond acceptors (Lipinski definition) is 3. The Labute approximate surface area is 183 Å². The standard InChI is InChI=1S/C25H27NO3/c1-18-6-2-11-22(14-18)24(27)17-26-13-5-8-19-7-3-9-20(15-19)21-10-4-12-23(16-21)25(28)29/h2-4,6-7,9-12,14-16,24,26-27H,5,8,13,17H2,1H3,(H,28,29)/t24-/m0/s1/i4D,5D2,10D,12D,13D2,16D. The highest BCUT2D eigenvalue weighted by Crippen LogP contribution is 2.22.